The molecule has 1 amide bonds. The van der Waals surface area contributed by atoms with E-state index in [2.05, 4.69) is 15.6 Å². The topological polar surface area (TPSA) is 100 Å². The Bertz CT molecular complexity index is 1030. The van der Waals surface area contributed by atoms with Crippen LogP contribution in [0.4, 0.5) is 4.39 Å². The second-order valence-electron chi connectivity index (χ2n) is 6.93. The van der Waals surface area contributed by atoms with Gasteiger partial charge in [-0.05, 0) is 23.8 Å². The molecule has 0 radical (unpaired) electrons. The first-order chi connectivity index (χ1) is 13.6. The highest BCUT2D eigenvalue weighted by atomic mass is 35.5. The zero-order chi connectivity index (χ0) is 19.7. The summed E-state index contributed by atoms with van der Waals surface area (Å²) in [6.07, 6.45) is 0. The summed E-state index contributed by atoms with van der Waals surface area (Å²) >= 11 is 0. The van der Waals surface area contributed by atoms with E-state index < -0.39 is 6.04 Å². The number of halogens is 2. The number of hydrogen-bond acceptors (Lipinski definition) is 4. The number of H-pyrrole nitrogens is 1. The number of rotatable bonds is 5. The Morgan fingerprint density at radius 3 is 2.59 bits per heavy atom. The lowest BCUT2D eigenvalue weighted by Crippen LogP contribution is -2.41. The predicted octanol–water partition coefficient (Wildman–Crippen LogP) is 2.24. The molecule has 0 spiro atoms. The van der Waals surface area contributed by atoms with Gasteiger partial charge in [-0.15, -0.1) is 12.4 Å². The third kappa shape index (κ3) is 4.03. The summed E-state index contributed by atoms with van der Waals surface area (Å²) in [5.74, 6) is -0.834. The maximum Gasteiger partial charge on any atom is 0.268 e. The number of aromatic nitrogens is 1. The summed E-state index contributed by atoms with van der Waals surface area (Å²) in [5, 5.41) is 6.80. The number of Topliss-reactive ketones (excluding diaryl/α,β-unsaturated/α-hetero) is 1. The van der Waals surface area contributed by atoms with Crippen LogP contribution in [0, 0.1) is 11.7 Å². The van der Waals surface area contributed by atoms with Crippen molar-refractivity contribution >= 4 is 35.0 Å². The molecule has 1 saturated heterocycles. The fourth-order valence-electron chi connectivity index (χ4n) is 3.65. The molecule has 152 valence electrons. The average Bonchev–Trinajstić information content (AvgIpc) is 3.27. The summed E-state index contributed by atoms with van der Waals surface area (Å²) in [6, 6.07) is 13.2. The van der Waals surface area contributed by atoms with E-state index in [0.29, 0.717) is 24.3 Å². The summed E-state index contributed by atoms with van der Waals surface area (Å²) in [6.45, 7) is 1.02. The molecular formula is C21H22ClFN4O2. The number of nitrogens with two attached hydrogens (primary N) is 1. The van der Waals surface area contributed by atoms with Crippen LogP contribution >= 0.6 is 12.4 Å². The van der Waals surface area contributed by atoms with E-state index in [-0.39, 0.29) is 42.4 Å². The molecule has 0 saturated carbocycles. The van der Waals surface area contributed by atoms with Crippen LogP contribution in [0.2, 0.25) is 0 Å². The molecule has 2 atom stereocenters. The Labute approximate surface area is 173 Å². The minimum absolute atomic E-state index is 0. The molecule has 1 aromatic heterocycles. The highest BCUT2D eigenvalue weighted by Crippen LogP contribution is 2.32. The molecule has 2 heterocycles. The molecule has 0 aliphatic carbocycles. The number of para-hydroxylation sites is 1. The molecule has 1 aliphatic heterocycles. The van der Waals surface area contributed by atoms with Gasteiger partial charge < -0.3 is 21.4 Å². The van der Waals surface area contributed by atoms with Crippen molar-refractivity contribution in [1.82, 2.24) is 15.6 Å². The molecule has 29 heavy (non-hydrogen) atoms. The molecule has 3 aromatic rings. The van der Waals surface area contributed by atoms with E-state index in [9.17, 15) is 14.0 Å². The van der Waals surface area contributed by atoms with Gasteiger partial charge in [0.2, 0.25) is 0 Å². The largest absolute Gasteiger partial charge is 0.350 e. The van der Waals surface area contributed by atoms with Crippen molar-refractivity contribution in [3.05, 3.63) is 60.0 Å². The molecular weight excluding hydrogens is 395 g/mol. The smallest absolute Gasteiger partial charge is 0.268 e. The lowest BCUT2D eigenvalue weighted by molar-refractivity contribution is -0.121. The van der Waals surface area contributed by atoms with E-state index in [4.69, 9.17) is 5.73 Å². The van der Waals surface area contributed by atoms with Crippen LogP contribution in [0.5, 0.6) is 0 Å². The Kier molecular flexibility index (Phi) is 6.32. The fraction of sp³-hybridized carbons (Fsp3) is 0.238. The summed E-state index contributed by atoms with van der Waals surface area (Å²) < 4.78 is 13.4. The van der Waals surface area contributed by atoms with Gasteiger partial charge in [-0.25, -0.2) is 4.39 Å². The van der Waals surface area contributed by atoms with Crippen LogP contribution in [0.15, 0.2) is 48.5 Å². The highest BCUT2D eigenvalue weighted by Gasteiger charge is 2.33. The van der Waals surface area contributed by atoms with Crippen LogP contribution in [0.25, 0.3) is 22.0 Å². The van der Waals surface area contributed by atoms with E-state index in [0.717, 1.165) is 16.5 Å². The SMILES string of the molecule is Cl.NC[C@H]1CN[C@H](CNC(=O)c2[nH]c3ccccc3c2-c2ccc(F)cc2)C1=O. The Hall–Kier alpha value is -2.74. The zero-order valence-electron chi connectivity index (χ0n) is 15.6. The number of amides is 1. The number of carbonyl (C=O) groups is 2. The van der Waals surface area contributed by atoms with Gasteiger partial charge in [0.05, 0.1) is 6.04 Å². The van der Waals surface area contributed by atoms with Gasteiger partial charge in [-0.1, -0.05) is 30.3 Å². The van der Waals surface area contributed by atoms with Crippen molar-refractivity contribution in [3.63, 3.8) is 0 Å². The van der Waals surface area contributed by atoms with Crippen molar-refractivity contribution < 1.29 is 14.0 Å². The van der Waals surface area contributed by atoms with Crippen LogP contribution < -0.4 is 16.4 Å². The molecule has 2 aromatic carbocycles. The van der Waals surface area contributed by atoms with E-state index in [1.54, 1.807) is 12.1 Å². The Morgan fingerprint density at radius 1 is 1.17 bits per heavy atom. The molecule has 4 rings (SSSR count). The minimum Gasteiger partial charge on any atom is -0.350 e. The van der Waals surface area contributed by atoms with E-state index >= 15 is 0 Å². The van der Waals surface area contributed by atoms with Gasteiger partial charge >= 0.3 is 0 Å². The number of fused-ring (bicyclic) bond motifs is 1. The van der Waals surface area contributed by atoms with Gasteiger partial charge in [0, 0.05) is 42.0 Å². The highest BCUT2D eigenvalue weighted by molar-refractivity contribution is 6.09. The van der Waals surface area contributed by atoms with Crippen LogP contribution in [-0.2, 0) is 4.79 Å². The van der Waals surface area contributed by atoms with Crippen molar-refractivity contribution in [3.8, 4) is 11.1 Å². The maximum atomic E-state index is 13.4. The van der Waals surface area contributed by atoms with Gasteiger partial charge in [0.1, 0.15) is 11.5 Å². The molecule has 8 heteroatoms. The molecule has 1 fully saturated rings. The van der Waals surface area contributed by atoms with Gasteiger partial charge in [0.25, 0.3) is 5.91 Å². The standard InChI is InChI=1S/C21H21FN4O2.ClH/c22-14-7-5-12(6-8-14)18-15-3-1-2-4-16(15)26-19(18)21(28)25-11-17-20(27)13(9-23)10-24-17;/h1-8,13,17,24,26H,9-11,23H2,(H,25,28);1H/t13-,17+;/m0./s1. The van der Waals surface area contributed by atoms with Crippen molar-refractivity contribution in [2.24, 2.45) is 11.7 Å². The number of ketones is 1. The second kappa shape index (κ2) is 8.73. The zero-order valence-corrected chi connectivity index (χ0v) is 16.4. The summed E-state index contributed by atoms with van der Waals surface area (Å²) in [5.41, 5.74) is 8.23. The molecule has 6 nitrogen and oxygen atoms in total. The van der Waals surface area contributed by atoms with Crippen LogP contribution in [-0.4, -0.2) is 42.4 Å². The number of hydrogen-bond donors (Lipinski definition) is 4. The molecule has 1 aliphatic rings. The minimum atomic E-state index is -0.434. The van der Waals surface area contributed by atoms with Crippen molar-refractivity contribution in [2.45, 2.75) is 6.04 Å². The lowest BCUT2D eigenvalue weighted by Gasteiger charge is -2.12. The quantitative estimate of drug-likeness (QED) is 0.512. The number of nitrogens with one attached hydrogen (secondary N) is 3. The number of carbonyl (C=O) groups excluding carboxylic acids is 2. The Balaban J connectivity index is 0.00000240. The first-order valence-corrected chi connectivity index (χ1v) is 9.20. The number of benzene rings is 2. The molecule has 0 unspecified atom stereocenters. The van der Waals surface area contributed by atoms with Crippen LogP contribution in [0.3, 0.4) is 0 Å². The molecule has 5 N–H and O–H groups in total. The summed E-state index contributed by atoms with van der Waals surface area (Å²) in [4.78, 5) is 28.3. The van der Waals surface area contributed by atoms with Gasteiger partial charge in [-0.2, -0.15) is 0 Å². The van der Waals surface area contributed by atoms with Crippen molar-refractivity contribution in [1.29, 1.82) is 0 Å². The fourth-order valence-corrected chi connectivity index (χ4v) is 3.65. The third-order valence-corrected chi connectivity index (χ3v) is 5.17. The first kappa shape index (κ1) is 21.0. The monoisotopic (exact) mass is 416 g/mol. The second-order valence-corrected chi connectivity index (χ2v) is 6.93. The van der Waals surface area contributed by atoms with Crippen LogP contribution in [0.1, 0.15) is 10.5 Å². The van der Waals surface area contributed by atoms with Gasteiger partial charge in [-0.3, -0.25) is 9.59 Å². The average molecular weight is 417 g/mol. The predicted molar refractivity (Wildman–Crippen MR) is 113 cm³/mol. The Morgan fingerprint density at radius 2 is 1.90 bits per heavy atom. The van der Waals surface area contributed by atoms with Crippen molar-refractivity contribution in [2.75, 3.05) is 19.6 Å². The van der Waals surface area contributed by atoms with E-state index in [1.807, 2.05) is 24.3 Å². The first-order valence-electron chi connectivity index (χ1n) is 9.20. The normalized spacial score (nSPS) is 18.6. The third-order valence-electron chi connectivity index (χ3n) is 5.17. The van der Waals surface area contributed by atoms with E-state index in [1.165, 1.54) is 12.1 Å². The van der Waals surface area contributed by atoms with Gasteiger partial charge in [0.15, 0.2) is 5.78 Å². The number of aromatic amines is 1. The summed E-state index contributed by atoms with van der Waals surface area (Å²) in [7, 11) is 0. The lowest BCUT2D eigenvalue weighted by atomic mass is 10.0. The molecule has 0 bridgehead atoms. The maximum absolute atomic E-state index is 13.4.